The number of sulfonamides is 1. The van der Waals surface area contributed by atoms with Gasteiger partial charge in [-0.25, -0.2) is 13.1 Å². The molecule has 0 bridgehead atoms. The second-order valence-corrected chi connectivity index (χ2v) is 7.15. The van der Waals surface area contributed by atoms with Gasteiger partial charge in [-0.2, -0.15) is 0 Å². The first-order chi connectivity index (χ1) is 9.94. The number of aromatic nitrogens is 1. The zero-order chi connectivity index (χ0) is 15.5. The third kappa shape index (κ3) is 3.79. The molecule has 114 valence electrons. The van der Waals surface area contributed by atoms with Crippen molar-refractivity contribution in [1.82, 2.24) is 15.0 Å². The van der Waals surface area contributed by atoms with E-state index in [0.29, 0.717) is 12.2 Å². The third-order valence-electron chi connectivity index (χ3n) is 3.08. The number of hydrogen-bond acceptors (Lipinski definition) is 5. The van der Waals surface area contributed by atoms with E-state index in [9.17, 15) is 13.2 Å². The lowest BCUT2D eigenvalue weighted by Crippen LogP contribution is -2.25. The first-order valence-electron chi connectivity index (χ1n) is 6.33. The molecule has 21 heavy (non-hydrogen) atoms. The highest BCUT2D eigenvalue weighted by Crippen LogP contribution is 2.19. The van der Waals surface area contributed by atoms with Crippen LogP contribution in [0.5, 0.6) is 0 Å². The van der Waals surface area contributed by atoms with E-state index < -0.39 is 10.0 Å². The van der Waals surface area contributed by atoms with Crippen molar-refractivity contribution in [3.8, 4) is 0 Å². The van der Waals surface area contributed by atoms with Crippen molar-refractivity contribution < 1.29 is 8.42 Å². The van der Waals surface area contributed by atoms with Crippen LogP contribution in [0.15, 0.2) is 33.3 Å². The van der Waals surface area contributed by atoms with Crippen LogP contribution in [0.1, 0.15) is 16.8 Å². The molecule has 0 saturated carbocycles. The molecule has 2 aromatic rings. The molecule has 2 rings (SSSR count). The Kier molecular flexibility index (Phi) is 4.94. The molecule has 0 unspecified atom stereocenters. The van der Waals surface area contributed by atoms with Gasteiger partial charge in [0.15, 0.2) is 0 Å². The summed E-state index contributed by atoms with van der Waals surface area (Å²) in [5, 5.41) is 4.62. The van der Waals surface area contributed by atoms with Crippen LogP contribution in [0, 0.1) is 6.92 Å². The molecule has 0 saturated heterocycles. The van der Waals surface area contributed by atoms with Crippen LogP contribution in [-0.2, 0) is 23.1 Å². The first kappa shape index (κ1) is 15.9. The van der Waals surface area contributed by atoms with Crippen LogP contribution in [0.3, 0.4) is 0 Å². The summed E-state index contributed by atoms with van der Waals surface area (Å²) in [6.07, 6.45) is 0. The minimum absolute atomic E-state index is 0.0662. The SMILES string of the molecule is CNCc1cccc(S(=O)(=O)NCc2csc(=O)[nH]2)c1C. The Labute approximate surface area is 127 Å². The molecule has 0 amide bonds. The number of H-pyrrole nitrogens is 1. The van der Waals surface area contributed by atoms with Gasteiger partial charge < -0.3 is 10.3 Å². The summed E-state index contributed by atoms with van der Waals surface area (Å²) in [6.45, 7) is 2.46. The standard InChI is InChI=1S/C13H17N3O3S2/c1-9-10(6-14-2)4-3-5-12(9)21(18,19)15-7-11-8-20-13(17)16-11/h3-5,8,14-15H,6-7H2,1-2H3,(H,16,17). The van der Waals surface area contributed by atoms with Crippen LogP contribution in [0.25, 0.3) is 0 Å². The van der Waals surface area contributed by atoms with Crippen LogP contribution >= 0.6 is 11.3 Å². The quantitative estimate of drug-likeness (QED) is 0.736. The van der Waals surface area contributed by atoms with Crippen molar-refractivity contribution in [2.45, 2.75) is 24.9 Å². The second-order valence-electron chi connectivity index (χ2n) is 4.57. The van der Waals surface area contributed by atoms with Crippen LogP contribution in [0.4, 0.5) is 0 Å². The summed E-state index contributed by atoms with van der Waals surface area (Å²) in [7, 11) is -1.80. The van der Waals surface area contributed by atoms with E-state index in [-0.39, 0.29) is 16.3 Å². The van der Waals surface area contributed by atoms with Crippen LogP contribution in [0.2, 0.25) is 0 Å². The zero-order valence-corrected chi connectivity index (χ0v) is 13.4. The predicted octanol–water partition coefficient (Wildman–Crippen LogP) is 0.943. The van der Waals surface area contributed by atoms with E-state index in [2.05, 4.69) is 15.0 Å². The highest BCUT2D eigenvalue weighted by Gasteiger charge is 2.18. The topological polar surface area (TPSA) is 91.1 Å². The molecular weight excluding hydrogens is 310 g/mol. The predicted molar refractivity (Wildman–Crippen MR) is 82.9 cm³/mol. The largest absolute Gasteiger partial charge is 0.316 e. The summed E-state index contributed by atoms with van der Waals surface area (Å²) in [5.74, 6) is 0. The Morgan fingerprint density at radius 2 is 2.05 bits per heavy atom. The lowest BCUT2D eigenvalue weighted by Gasteiger charge is -2.12. The minimum atomic E-state index is -3.62. The fourth-order valence-electron chi connectivity index (χ4n) is 1.98. The Bertz CT molecular complexity index is 778. The van der Waals surface area contributed by atoms with Crippen LogP contribution in [-0.4, -0.2) is 20.4 Å². The average molecular weight is 327 g/mol. The molecule has 0 spiro atoms. The van der Waals surface area contributed by atoms with E-state index in [1.54, 1.807) is 24.4 Å². The maximum absolute atomic E-state index is 12.4. The summed E-state index contributed by atoms with van der Waals surface area (Å²) >= 11 is 1.01. The van der Waals surface area contributed by atoms with Crippen molar-refractivity contribution in [3.63, 3.8) is 0 Å². The fourth-order valence-corrected chi connectivity index (χ4v) is 3.86. The van der Waals surface area contributed by atoms with E-state index in [1.165, 1.54) is 0 Å². The maximum Gasteiger partial charge on any atom is 0.304 e. The molecule has 1 heterocycles. The van der Waals surface area contributed by atoms with Gasteiger partial charge in [-0.05, 0) is 31.2 Å². The Hall–Kier alpha value is -1.48. The molecule has 0 aliphatic carbocycles. The number of hydrogen-bond donors (Lipinski definition) is 3. The summed E-state index contributed by atoms with van der Waals surface area (Å²) in [4.78, 5) is 13.7. The first-order valence-corrected chi connectivity index (χ1v) is 8.70. The van der Waals surface area contributed by atoms with Crippen molar-refractivity contribution in [2.75, 3.05) is 7.05 Å². The molecule has 8 heteroatoms. The Morgan fingerprint density at radius 3 is 2.67 bits per heavy atom. The van der Waals surface area contributed by atoms with Gasteiger partial charge in [-0.15, -0.1) is 0 Å². The summed E-state index contributed by atoms with van der Waals surface area (Å²) < 4.78 is 27.2. The van der Waals surface area contributed by atoms with Gasteiger partial charge in [-0.3, -0.25) is 4.79 Å². The van der Waals surface area contributed by atoms with E-state index in [4.69, 9.17) is 0 Å². The molecule has 0 radical (unpaired) electrons. The highest BCUT2D eigenvalue weighted by atomic mass is 32.2. The zero-order valence-electron chi connectivity index (χ0n) is 11.8. The summed E-state index contributed by atoms with van der Waals surface area (Å²) in [5.41, 5.74) is 2.21. The van der Waals surface area contributed by atoms with Crippen molar-refractivity contribution in [1.29, 1.82) is 0 Å². The number of benzene rings is 1. The number of thiazole rings is 1. The van der Waals surface area contributed by atoms with Gasteiger partial charge in [0, 0.05) is 17.6 Å². The third-order valence-corrected chi connectivity index (χ3v) is 5.34. The minimum Gasteiger partial charge on any atom is -0.316 e. The van der Waals surface area contributed by atoms with Gasteiger partial charge in [0.05, 0.1) is 11.4 Å². The van der Waals surface area contributed by atoms with Gasteiger partial charge in [0.2, 0.25) is 10.0 Å². The number of rotatable bonds is 6. The molecule has 0 fully saturated rings. The number of aromatic amines is 1. The molecule has 1 aromatic carbocycles. The maximum atomic E-state index is 12.4. The van der Waals surface area contributed by atoms with E-state index in [1.807, 2.05) is 13.1 Å². The fraction of sp³-hybridized carbons (Fsp3) is 0.308. The van der Waals surface area contributed by atoms with Gasteiger partial charge in [-0.1, -0.05) is 23.5 Å². The van der Waals surface area contributed by atoms with Crippen molar-refractivity contribution in [2.24, 2.45) is 0 Å². The Morgan fingerprint density at radius 1 is 1.29 bits per heavy atom. The van der Waals surface area contributed by atoms with E-state index in [0.717, 1.165) is 22.5 Å². The van der Waals surface area contributed by atoms with Crippen molar-refractivity contribution in [3.05, 3.63) is 50.1 Å². The number of nitrogens with one attached hydrogen (secondary N) is 3. The molecule has 1 aromatic heterocycles. The molecule has 6 nitrogen and oxygen atoms in total. The average Bonchev–Trinajstić information content (AvgIpc) is 2.85. The van der Waals surface area contributed by atoms with Crippen LogP contribution < -0.4 is 14.9 Å². The lowest BCUT2D eigenvalue weighted by atomic mass is 10.1. The second kappa shape index (κ2) is 6.52. The molecular formula is C13H17N3O3S2. The monoisotopic (exact) mass is 327 g/mol. The molecule has 0 atom stereocenters. The van der Waals surface area contributed by atoms with Crippen molar-refractivity contribution >= 4 is 21.4 Å². The normalized spacial score (nSPS) is 11.7. The molecule has 0 aliphatic rings. The van der Waals surface area contributed by atoms with Gasteiger partial charge >= 0.3 is 4.87 Å². The molecule has 0 aliphatic heterocycles. The smallest absolute Gasteiger partial charge is 0.304 e. The van der Waals surface area contributed by atoms with Gasteiger partial charge in [0.1, 0.15) is 0 Å². The van der Waals surface area contributed by atoms with Gasteiger partial charge in [0.25, 0.3) is 0 Å². The lowest BCUT2D eigenvalue weighted by molar-refractivity contribution is 0.579. The van der Waals surface area contributed by atoms with E-state index >= 15 is 0 Å². The summed E-state index contributed by atoms with van der Waals surface area (Å²) in [6, 6.07) is 5.19. The molecule has 3 N–H and O–H groups in total. The highest BCUT2D eigenvalue weighted by molar-refractivity contribution is 7.89. The Balaban J connectivity index is 2.23.